The van der Waals surface area contributed by atoms with Crippen molar-refractivity contribution in [2.75, 3.05) is 0 Å². The third-order valence-electron chi connectivity index (χ3n) is 1.79. The van der Waals surface area contributed by atoms with Gasteiger partial charge in [-0.2, -0.15) is 0 Å². The van der Waals surface area contributed by atoms with Crippen molar-refractivity contribution in [1.29, 1.82) is 0 Å². The maximum absolute atomic E-state index is 9.46. The molecule has 0 aliphatic rings. The molecule has 3 N–H and O–H groups in total. The number of aliphatic hydroxyl groups excluding tert-OH is 1. The van der Waals surface area contributed by atoms with Gasteiger partial charge in [0.25, 0.3) is 0 Å². The van der Waals surface area contributed by atoms with E-state index in [4.69, 9.17) is 10.3 Å². The molecule has 1 rings (SSSR count). The number of hydrogen-bond acceptors (Lipinski definition) is 5. The molecule has 0 atom stereocenters. The number of pyridine rings is 1. The Morgan fingerprint density at radius 2 is 2.31 bits per heavy atom. The molecule has 0 aliphatic heterocycles. The SMILES string of the molecule is Cc1c(CO)cnc(/C=N/O)c1O. The summed E-state index contributed by atoms with van der Waals surface area (Å²) in [6, 6.07) is 0. The molecule has 70 valence electrons. The Morgan fingerprint density at radius 3 is 2.85 bits per heavy atom. The van der Waals surface area contributed by atoms with Crippen LogP contribution in [0.25, 0.3) is 0 Å². The topological polar surface area (TPSA) is 85.9 Å². The molecule has 0 saturated carbocycles. The van der Waals surface area contributed by atoms with Gasteiger partial charge in [0.1, 0.15) is 11.4 Å². The average Bonchev–Trinajstić information content (AvgIpc) is 2.14. The van der Waals surface area contributed by atoms with E-state index in [0.717, 1.165) is 6.21 Å². The van der Waals surface area contributed by atoms with E-state index in [1.54, 1.807) is 6.92 Å². The molecule has 1 aromatic heterocycles. The molecule has 1 heterocycles. The molecule has 0 aromatic carbocycles. The lowest BCUT2D eigenvalue weighted by Gasteiger charge is -2.05. The van der Waals surface area contributed by atoms with E-state index < -0.39 is 0 Å². The van der Waals surface area contributed by atoms with E-state index in [1.807, 2.05) is 0 Å². The van der Waals surface area contributed by atoms with Gasteiger partial charge in [-0.3, -0.25) is 4.98 Å². The fraction of sp³-hybridized carbons (Fsp3) is 0.250. The third-order valence-corrected chi connectivity index (χ3v) is 1.79. The van der Waals surface area contributed by atoms with Gasteiger partial charge in [0.15, 0.2) is 0 Å². The highest BCUT2D eigenvalue weighted by molar-refractivity contribution is 5.81. The first kappa shape index (κ1) is 9.47. The van der Waals surface area contributed by atoms with Crippen LogP contribution in [-0.2, 0) is 6.61 Å². The fourth-order valence-electron chi connectivity index (χ4n) is 0.958. The van der Waals surface area contributed by atoms with Crippen molar-refractivity contribution in [3.8, 4) is 5.75 Å². The Hall–Kier alpha value is -1.62. The van der Waals surface area contributed by atoms with Gasteiger partial charge in [-0.25, -0.2) is 0 Å². The summed E-state index contributed by atoms with van der Waals surface area (Å²) in [6.45, 7) is 1.47. The maximum atomic E-state index is 9.46. The highest BCUT2D eigenvalue weighted by Gasteiger charge is 2.07. The zero-order chi connectivity index (χ0) is 9.84. The first-order valence-electron chi connectivity index (χ1n) is 3.66. The first-order valence-corrected chi connectivity index (χ1v) is 3.66. The second-order valence-corrected chi connectivity index (χ2v) is 2.54. The van der Waals surface area contributed by atoms with Gasteiger partial charge in [-0.1, -0.05) is 5.16 Å². The first-order chi connectivity index (χ1) is 6.20. The summed E-state index contributed by atoms with van der Waals surface area (Å²) in [7, 11) is 0. The van der Waals surface area contributed by atoms with Crippen LogP contribution in [0, 0.1) is 6.92 Å². The Labute approximate surface area is 75.0 Å². The van der Waals surface area contributed by atoms with Crippen LogP contribution in [0.3, 0.4) is 0 Å². The summed E-state index contributed by atoms with van der Waals surface area (Å²) in [4.78, 5) is 3.78. The smallest absolute Gasteiger partial charge is 0.146 e. The van der Waals surface area contributed by atoms with Crippen molar-refractivity contribution in [2.45, 2.75) is 13.5 Å². The summed E-state index contributed by atoms with van der Waals surface area (Å²) >= 11 is 0. The Bertz CT molecular complexity index is 336. The van der Waals surface area contributed by atoms with E-state index >= 15 is 0 Å². The van der Waals surface area contributed by atoms with Crippen LogP contribution in [0.2, 0.25) is 0 Å². The minimum absolute atomic E-state index is 0.0793. The maximum Gasteiger partial charge on any atom is 0.146 e. The normalized spacial score (nSPS) is 10.9. The number of rotatable bonds is 2. The van der Waals surface area contributed by atoms with Crippen LogP contribution in [0.4, 0.5) is 0 Å². The van der Waals surface area contributed by atoms with Gasteiger partial charge in [0.05, 0.1) is 12.8 Å². The lowest BCUT2D eigenvalue weighted by atomic mass is 10.1. The number of hydrogen-bond donors (Lipinski definition) is 3. The molecule has 0 amide bonds. The van der Waals surface area contributed by atoms with Crippen LogP contribution in [0.15, 0.2) is 11.4 Å². The number of aromatic hydroxyl groups is 1. The third kappa shape index (κ3) is 1.75. The van der Waals surface area contributed by atoms with E-state index in [2.05, 4.69) is 10.1 Å². The molecule has 0 spiro atoms. The molecule has 5 heteroatoms. The average molecular weight is 182 g/mol. The summed E-state index contributed by atoms with van der Waals surface area (Å²) in [5, 5.41) is 29.3. The summed E-state index contributed by atoms with van der Waals surface area (Å²) in [5.41, 5.74) is 1.26. The molecule has 0 aliphatic carbocycles. The largest absolute Gasteiger partial charge is 0.505 e. The van der Waals surface area contributed by atoms with Crippen molar-refractivity contribution in [2.24, 2.45) is 5.16 Å². The molecular weight excluding hydrogens is 172 g/mol. The Kier molecular flexibility index (Phi) is 2.81. The van der Waals surface area contributed by atoms with Crippen LogP contribution in [-0.4, -0.2) is 26.6 Å². The van der Waals surface area contributed by atoms with Gasteiger partial charge in [0, 0.05) is 17.3 Å². The van der Waals surface area contributed by atoms with Crippen molar-refractivity contribution < 1.29 is 15.4 Å². The van der Waals surface area contributed by atoms with Crippen LogP contribution in [0.1, 0.15) is 16.8 Å². The van der Waals surface area contributed by atoms with E-state index in [0.29, 0.717) is 11.1 Å². The van der Waals surface area contributed by atoms with Crippen molar-refractivity contribution >= 4 is 6.21 Å². The Balaban J connectivity index is 3.22. The summed E-state index contributed by atoms with van der Waals surface area (Å²) in [5.74, 6) is -0.0793. The number of oxime groups is 1. The lowest BCUT2D eigenvalue weighted by molar-refractivity contribution is 0.279. The zero-order valence-electron chi connectivity index (χ0n) is 7.10. The molecule has 0 radical (unpaired) electrons. The van der Waals surface area contributed by atoms with Crippen molar-refractivity contribution in [3.05, 3.63) is 23.0 Å². The second kappa shape index (κ2) is 3.86. The number of aromatic nitrogens is 1. The molecular formula is C8H10N2O3. The lowest BCUT2D eigenvalue weighted by Crippen LogP contribution is -1.96. The van der Waals surface area contributed by atoms with Gasteiger partial charge in [0.2, 0.25) is 0 Å². The molecule has 0 saturated heterocycles. The molecule has 0 fully saturated rings. The van der Waals surface area contributed by atoms with Crippen LogP contribution >= 0.6 is 0 Å². The highest BCUT2D eigenvalue weighted by atomic mass is 16.4. The molecule has 1 aromatic rings. The minimum atomic E-state index is -0.178. The Morgan fingerprint density at radius 1 is 1.62 bits per heavy atom. The molecule has 0 unspecified atom stereocenters. The number of aliphatic hydroxyl groups is 1. The highest BCUT2D eigenvalue weighted by Crippen LogP contribution is 2.21. The quantitative estimate of drug-likeness (QED) is 0.351. The van der Waals surface area contributed by atoms with Gasteiger partial charge < -0.3 is 15.4 Å². The molecule has 13 heavy (non-hydrogen) atoms. The van der Waals surface area contributed by atoms with Crippen molar-refractivity contribution in [1.82, 2.24) is 4.98 Å². The van der Waals surface area contributed by atoms with Gasteiger partial charge in [-0.15, -0.1) is 0 Å². The van der Waals surface area contributed by atoms with E-state index in [-0.39, 0.29) is 18.1 Å². The molecule has 5 nitrogen and oxygen atoms in total. The van der Waals surface area contributed by atoms with Gasteiger partial charge in [-0.05, 0) is 6.92 Å². The van der Waals surface area contributed by atoms with Gasteiger partial charge >= 0.3 is 0 Å². The second-order valence-electron chi connectivity index (χ2n) is 2.54. The standard InChI is InChI=1S/C8H10N2O3/c1-5-6(4-11)2-9-7(3-10-13)8(5)12/h2-3,11-13H,4H2,1H3/b10-3+. The monoisotopic (exact) mass is 182 g/mol. The summed E-state index contributed by atoms with van der Waals surface area (Å²) in [6.07, 6.45) is 2.45. The summed E-state index contributed by atoms with van der Waals surface area (Å²) < 4.78 is 0. The predicted octanol–water partition coefficient (Wildman–Crippen LogP) is 0.396. The van der Waals surface area contributed by atoms with Crippen LogP contribution < -0.4 is 0 Å². The number of nitrogens with zero attached hydrogens (tertiary/aromatic N) is 2. The van der Waals surface area contributed by atoms with Crippen molar-refractivity contribution in [3.63, 3.8) is 0 Å². The minimum Gasteiger partial charge on any atom is -0.505 e. The van der Waals surface area contributed by atoms with Crippen LogP contribution in [0.5, 0.6) is 5.75 Å². The molecule has 0 bridgehead atoms. The predicted molar refractivity (Wildman–Crippen MR) is 45.9 cm³/mol. The van der Waals surface area contributed by atoms with E-state index in [1.165, 1.54) is 6.20 Å². The fourth-order valence-corrected chi connectivity index (χ4v) is 0.958. The van der Waals surface area contributed by atoms with E-state index in [9.17, 15) is 5.11 Å². The zero-order valence-corrected chi connectivity index (χ0v) is 7.10.